The lowest BCUT2D eigenvalue weighted by Gasteiger charge is -2.20. The van der Waals surface area contributed by atoms with Gasteiger partial charge in [0.25, 0.3) is 5.69 Å². The van der Waals surface area contributed by atoms with Gasteiger partial charge in [-0.2, -0.15) is 0 Å². The zero-order valence-corrected chi connectivity index (χ0v) is 14.1. The lowest BCUT2D eigenvalue weighted by atomic mass is 9.98. The van der Waals surface area contributed by atoms with Crippen molar-refractivity contribution < 1.29 is 22.9 Å². The molecule has 0 amide bonds. The van der Waals surface area contributed by atoms with Crippen molar-refractivity contribution in [2.75, 3.05) is 6.26 Å². The first-order chi connectivity index (χ1) is 11.3. The molecule has 1 aliphatic rings. The van der Waals surface area contributed by atoms with Gasteiger partial charge in [-0.25, -0.2) is 13.2 Å². The third-order valence-corrected chi connectivity index (χ3v) is 4.97. The van der Waals surface area contributed by atoms with Crippen molar-refractivity contribution in [3.8, 4) is 0 Å². The van der Waals surface area contributed by atoms with E-state index in [2.05, 4.69) is 0 Å². The quantitative estimate of drug-likeness (QED) is 0.349. The van der Waals surface area contributed by atoms with Crippen LogP contribution < -0.4 is 0 Å². The average molecular weight is 353 g/mol. The Hall–Kier alpha value is -2.22. The summed E-state index contributed by atoms with van der Waals surface area (Å²) in [6.07, 6.45) is 8.37. The Balaban J connectivity index is 2.13. The van der Waals surface area contributed by atoms with E-state index < -0.39 is 26.4 Å². The van der Waals surface area contributed by atoms with Gasteiger partial charge in [0.2, 0.25) is 0 Å². The number of carbonyl (C=O) groups is 1. The highest BCUT2D eigenvalue weighted by molar-refractivity contribution is 7.90. The molecule has 0 bridgehead atoms. The highest BCUT2D eigenvalue weighted by Crippen LogP contribution is 2.25. The Morgan fingerprint density at radius 2 is 1.96 bits per heavy atom. The molecule has 0 heterocycles. The topological polar surface area (TPSA) is 104 Å². The van der Waals surface area contributed by atoms with Gasteiger partial charge < -0.3 is 4.74 Å². The summed E-state index contributed by atoms with van der Waals surface area (Å²) in [4.78, 5) is 21.7. The summed E-state index contributed by atoms with van der Waals surface area (Å²) in [5.74, 6) is -0.503. The molecule has 1 aliphatic carbocycles. The number of esters is 1. The number of rotatable bonds is 5. The van der Waals surface area contributed by atoms with E-state index in [0.29, 0.717) is 5.56 Å². The first kappa shape index (κ1) is 18.1. The molecule has 8 heteroatoms. The molecule has 0 unspecified atom stereocenters. The highest BCUT2D eigenvalue weighted by Gasteiger charge is 2.22. The monoisotopic (exact) mass is 353 g/mol. The summed E-state index contributed by atoms with van der Waals surface area (Å²) in [6.45, 7) is 0. The molecule has 0 aromatic heterocycles. The molecule has 0 radical (unpaired) electrons. The normalized spacial score (nSPS) is 16.2. The Morgan fingerprint density at radius 1 is 1.29 bits per heavy atom. The van der Waals surface area contributed by atoms with Crippen molar-refractivity contribution in [2.45, 2.75) is 43.1 Å². The van der Waals surface area contributed by atoms with Crippen LogP contribution in [0.4, 0.5) is 5.69 Å². The molecule has 0 spiro atoms. The third kappa shape index (κ3) is 4.89. The van der Waals surface area contributed by atoms with Gasteiger partial charge in [-0.05, 0) is 43.4 Å². The van der Waals surface area contributed by atoms with Crippen LogP contribution in [0.5, 0.6) is 0 Å². The minimum absolute atomic E-state index is 0.0714. The second-order valence-electron chi connectivity index (χ2n) is 5.79. The van der Waals surface area contributed by atoms with Crippen LogP contribution in [0.25, 0.3) is 6.08 Å². The fourth-order valence-corrected chi connectivity index (χ4v) is 3.47. The van der Waals surface area contributed by atoms with Crippen molar-refractivity contribution in [1.29, 1.82) is 0 Å². The number of sulfone groups is 1. The Morgan fingerprint density at radius 3 is 2.54 bits per heavy atom. The van der Waals surface area contributed by atoms with Gasteiger partial charge in [-0.3, -0.25) is 10.1 Å². The van der Waals surface area contributed by atoms with E-state index in [1.807, 2.05) is 0 Å². The predicted molar refractivity (Wildman–Crippen MR) is 88.2 cm³/mol. The van der Waals surface area contributed by atoms with Crippen LogP contribution in [0.1, 0.15) is 37.7 Å². The number of hydrogen-bond acceptors (Lipinski definition) is 6. The second-order valence-corrected chi connectivity index (χ2v) is 7.77. The zero-order valence-electron chi connectivity index (χ0n) is 13.3. The summed E-state index contributed by atoms with van der Waals surface area (Å²) in [6, 6.07) is 3.70. The molecule has 24 heavy (non-hydrogen) atoms. The van der Waals surface area contributed by atoms with E-state index in [1.165, 1.54) is 24.3 Å². The van der Waals surface area contributed by atoms with Crippen molar-refractivity contribution >= 4 is 27.6 Å². The van der Waals surface area contributed by atoms with Crippen LogP contribution in [-0.2, 0) is 19.4 Å². The molecule has 2 rings (SSSR count). The standard InChI is InChI=1S/C16H19NO6S/c1-24(21,22)15-9-7-12(11-14(15)17(19)20)8-10-16(18)23-13-5-3-2-4-6-13/h7-11,13H,2-6H2,1H3/b10-8+. The maximum atomic E-state index is 11.8. The first-order valence-corrected chi connectivity index (χ1v) is 9.54. The van der Waals surface area contributed by atoms with E-state index in [4.69, 9.17) is 4.74 Å². The highest BCUT2D eigenvalue weighted by atomic mass is 32.2. The minimum atomic E-state index is -3.70. The molecule has 0 N–H and O–H groups in total. The number of hydrogen-bond donors (Lipinski definition) is 0. The number of ether oxygens (including phenoxy) is 1. The van der Waals surface area contributed by atoms with Gasteiger partial charge in [-0.1, -0.05) is 12.5 Å². The van der Waals surface area contributed by atoms with Crippen LogP contribution in [0.15, 0.2) is 29.2 Å². The van der Waals surface area contributed by atoms with Gasteiger partial charge in [0, 0.05) is 18.4 Å². The van der Waals surface area contributed by atoms with Gasteiger partial charge >= 0.3 is 5.97 Å². The summed E-state index contributed by atoms with van der Waals surface area (Å²) in [5, 5.41) is 11.0. The van der Waals surface area contributed by atoms with E-state index in [9.17, 15) is 23.3 Å². The SMILES string of the molecule is CS(=O)(=O)c1ccc(/C=C/C(=O)OC2CCCCC2)cc1[N+](=O)[O-]. The second kappa shape index (κ2) is 7.57. The van der Waals surface area contributed by atoms with Crippen molar-refractivity contribution in [3.05, 3.63) is 40.0 Å². The van der Waals surface area contributed by atoms with Gasteiger partial charge in [0.15, 0.2) is 9.84 Å². The lowest BCUT2D eigenvalue weighted by molar-refractivity contribution is -0.387. The molecule has 0 atom stereocenters. The summed E-state index contributed by atoms with van der Waals surface area (Å²) >= 11 is 0. The number of benzene rings is 1. The Labute approximate surface area is 140 Å². The molecule has 7 nitrogen and oxygen atoms in total. The number of nitrogens with zero attached hydrogens (tertiary/aromatic N) is 1. The maximum Gasteiger partial charge on any atom is 0.331 e. The zero-order chi connectivity index (χ0) is 17.7. The summed E-state index contributed by atoms with van der Waals surface area (Å²) in [5.41, 5.74) is -0.157. The molecule has 1 aromatic rings. The Kier molecular flexibility index (Phi) is 5.71. The van der Waals surface area contributed by atoms with Crippen molar-refractivity contribution in [1.82, 2.24) is 0 Å². The van der Waals surface area contributed by atoms with Crippen molar-refractivity contribution in [2.24, 2.45) is 0 Å². The van der Waals surface area contributed by atoms with Crippen LogP contribution in [-0.4, -0.2) is 31.7 Å². The third-order valence-electron chi connectivity index (χ3n) is 3.83. The number of carbonyl (C=O) groups excluding carboxylic acids is 1. The van der Waals surface area contributed by atoms with E-state index >= 15 is 0 Å². The maximum absolute atomic E-state index is 11.8. The Bertz CT molecular complexity index is 763. The van der Waals surface area contributed by atoms with Gasteiger partial charge in [0.05, 0.1) is 4.92 Å². The molecule has 0 saturated heterocycles. The van der Waals surface area contributed by atoms with Crippen LogP contribution in [0.3, 0.4) is 0 Å². The summed E-state index contributed by atoms with van der Waals surface area (Å²) < 4.78 is 28.4. The largest absolute Gasteiger partial charge is 0.459 e. The fourth-order valence-electron chi connectivity index (χ4n) is 2.65. The predicted octanol–water partition coefficient (Wildman–Crippen LogP) is 2.89. The minimum Gasteiger partial charge on any atom is -0.459 e. The lowest BCUT2D eigenvalue weighted by Crippen LogP contribution is -2.19. The smallest absolute Gasteiger partial charge is 0.331 e. The molecule has 1 fully saturated rings. The van der Waals surface area contributed by atoms with E-state index in [-0.39, 0.29) is 11.0 Å². The van der Waals surface area contributed by atoms with Gasteiger partial charge in [0.1, 0.15) is 11.0 Å². The summed E-state index contributed by atoms with van der Waals surface area (Å²) in [7, 11) is -3.70. The number of nitro groups is 1. The van der Waals surface area contributed by atoms with Crippen LogP contribution in [0, 0.1) is 10.1 Å². The van der Waals surface area contributed by atoms with Gasteiger partial charge in [-0.15, -0.1) is 0 Å². The first-order valence-electron chi connectivity index (χ1n) is 7.64. The van der Waals surface area contributed by atoms with Crippen LogP contribution >= 0.6 is 0 Å². The molecular formula is C16H19NO6S. The molecule has 0 aliphatic heterocycles. The average Bonchev–Trinajstić information content (AvgIpc) is 2.52. The molecule has 130 valence electrons. The van der Waals surface area contributed by atoms with E-state index in [0.717, 1.165) is 44.4 Å². The number of nitro benzene ring substituents is 1. The van der Waals surface area contributed by atoms with Crippen LogP contribution in [0.2, 0.25) is 0 Å². The fraction of sp³-hybridized carbons (Fsp3) is 0.438. The van der Waals surface area contributed by atoms with Crippen molar-refractivity contribution in [3.63, 3.8) is 0 Å². The molecule has 1 saturated carbocycles. The van der Waals surface area contributed by atoms with E-state index in [1.54, 1.807) is 0 Å². The molecular weight excluding hydrogens is 334 g/mol. The molecule has 1 aromatic carbocycles.